The Hall–Kier alpha value is -1.23. The van der Waals surface area contributed by atoms with Crippen LogP contribution in [0.4, 0.5) is 0 Å². The van der Waals surface area contributed by atoms with Crippen molar-refractivity contribution < 1.29 is 4.74 Å². The standard InChI is InChI=1S/C13H19N3OS/c1-2-9-4-3-5-10(6-9)17-12-8-15-11(7-16-12)13(14)18/h7-10H,2-6H2,1H3,(H2,14,18). The minimum atomic E-state index is 0.262. The number of aromatic nitrogens is 2. The van der Waals surface area contributed by atoms with Crippen molar-refractivity contribution in [1.82, 2.24) is 9.97 Å². The van der Waals surface area contributed by atoms with Crippen molar-refractivity contribution in [2.24, 2.45) is 11.7 Å². The molecule has 0 aliphatic heterocycles. The van der Waals surface area contributed by atoms with Crippen molar-refractivity contribution in [2.45, 2.75) is 45.1 Å². The highest BCUT2D eigenvalue weighted by Gasteiger charge is 2.22. The predicted octanol–water partition coefficient (Wildman–Crippen LogP) is 2.46. The monoisotopic (exact) mass is 265 g/mol. The fourth-order valence-corrected chi connectivity index (χ4v) is 2.50. The van der Waals surface area contributed by atoms with Gasteiger partial charge in [-0.05, 0) is 25.2 Å². The zero-order valence-electron chi connectivity index (χ0n) is 10.6. The first-order valence-electron chi connectivity index (χ1n) is 6.47. The molecule has 18 heavy (non-hydrogen) atoms. The molecule has 0 amide bonds. The third-order valence-electron chi connectivity index (χ3n) is 3.48. The van der Waals surface area contributed by atoms with Crippen LogP contribution in [0, 0.1) is 5.92 Å². The quantitative estimate of drug-likeness (QED) is 0.847. The molecule has 1 saturated carbocycles. The maximum Gasteiger partial charge on any atom is 0.232 e. The number of rotatable bonds is 4. The Morgan fingerprint density at radius 3 is 2.89 bits per heavy atom. The second kappa shape index (κ2) is 6.09. The largest absolute Gasteiger partial charge is 0.473 e. The van der Waals surface area contributed by atoms with Gasteiger partial charge in [0, 0.05) is 0 Å². The zero-order chi connectivity index (χ0) is 13.0. The molecular weight excluding hydrogens is 246 g/mol. The lowest BCUT2D eigenvalue weighted by Crippen LogP contribution is -2.25. The van der Waals surface area contributed by atoms with Gasteiger partial charge in [-0.2, -0.15) is 0 Å². The summed E-state index contributed by atoms with van der Waals surface area (Å²) in [5, 5.41) is 0. The molecule has 1 aromatic heterocycles. The van der Waals surface area contributed by atoms with Crippen molar-refractivity contribution in [3.05, 3.63) is 18.1 Å². The lowest BCUT2D eigenvalue weighted by Gasteiger charge is -2.28. The minimum Gasteiger partial charge on any atom is -0.473 e. The second-order valence-corrected chi connectivity index (χ2v) is 5.22. The van der Waals surface area contributed by atoms with Crippen LogP contribution in [0.25, 0.3) is 0 Å². The van der Waals surface area contributed by atoms with Gasteiger partial charge in [0.05, 0.1) is 12.4 Å². The van der Waals surface area contributed by atoms with Crippen LogP contribution in [0.15, 0.2) is 12.4 Å². The lowest BCUT2D eigenvalue weighted by atomic mass is 9.85. The predicted molar refractivity (Wildman–Crippen MR) is 74.6 cm³/mol. The maximum atomic E-state index is 5.86. The Morgan fingerprint density at radius 2 is 2.28 bits per heavy atom. The topological polar surface area (TPSA) is 61.0 Å². The van der Waals surface area contributed by atoms with Crippen LogP contribution in [0.2, 0.25) is 0 Å². The number of nitrogens with zero attached hydrogens (tertiary/aromatic N) is 2. The number of ether oxygens (including phenoxy) is 1. The first-order chi connectivity index (χ1) is 8.69. The molecule has 2 rings (SSSR count). The van der Waals surface area contributed by atoms with Crippen molar-refractivity contribution in [1.29, 1.82) is 0 Å². The maximum absolute atomic E-state index is 5.86. The van der Waals surface area contributed by atoms with E-state index in [1.807, 2.05) is 0 Å². The molecule has 2 N–H and O–H groups in total. The molecule has 1 aliphatic carbocycles. The third kappa shape index (κ3) is 3.38. The molecule has 1 fully saturated rings. The zero-order valence-corrected chi connectivity index (χ0v) is 11.4. The first-order valence-corrected chi connectivity index (χ1v) is 6.88. The second-order valence-electron chi connectivity index (χ2n) is 4.78. The van der Waals surface area contributed by atoms with E-state index in [4.69, 9.17) is 22.7 Å². The summed E-state index contributed by atoms with van der Waals surface area (Å²) in [6.45, 7) is 2.24. The van der Waals surface area contributed by atoms with E-state index in [0.29, 0.717) is 11.6 Å². The molecule has 1 aliphatic rings. The van der Waals surface area contributed by atoms with Crippen molar-refractivity contribution in [3.63, 3.8) is 0 Å². The van der Waals surface area contributed by atoms with Gasteiger partial charge in [0.1, 0.15) is 16.8 Å². The number of hydrogen-bond donors (Lipinski definition) is 1. The Bertz CT molecular complexity index is 407. The molecule has 1 aromatic rings. The molecular formula is C13H19N3OS. The van der Waals surface area contributed by atoms with Crippen LogP contribution in [-0.2, 0) is 0 Å². The molecule has 0 aromatic carbocycles. The van der Waals surface area contributed by atoms with E-state index in [2.05, 4.69) is 16.9 Å². The van der Waals surface area contributed by atoms with E-state index in [-0.39, 0.29) is 11.1 Å². The van der Waals surface area contributed by atoms with Gasteiger partial charge >= 0.3 is 0 Å². The summed E-state index contributed by atoms with van der Waals surface area (Å²) in [6.07, 6.45) is 9.45. The van der Waals surface area contributed by atoms with Gasteiger partial charge in [0.2, 0.25) is 5.88 Å². The van der Waals surface area contributed by atoms with Gasteiger partial charge in [0.25, 0.3) is 0 Å². The van der Waals surface area contributed by atoms with Crippen LogP contribution in [0.1, 0.15) is 44.7 Å². The minimum absolute atomic E-state index is 0.262. The Balaban J connectivity index is 1.94. The Morgan fingerprint density at radius 1 is 1.44 bits per heavy atom. The number of hydrogen-bond acceptors (Lipinski definition) is 4. The summed E-state index contributed by atoms with van der Waals surface area (Å²) in [5.41, 5.74) is 6.01. The Labute approximate surface area is 113 Å². The van der Waals surface area contributed by atoms with Crippen LogP contribution < -0.4 is 10.5 Å². The van der Waals surface area contributed by atoms with Gasteiger partial charge in [-0.25, -0.2) is 9.97 Å². The van der Waals surface area contributed by atoms with E-state index in [9.17, 15) is 0 Å². The normalized spacial score (nSPS) is 23.6. The molecule has 0 saturated heterocycles. The van der Waals surface area contributed by atoms with E-state index < -0.39 is 0 Å². The fourth-order valence-electron chi connectivity index (χ4n) is 2.39. The first kappa shape index (κ1) is 13.2. The average Bonchev–Trinajstić information content (AvgIpc) is 2.39. The third-order valence-corrected chi connectivity index (χ3v) is 3.69. The molecule has 98 valence electrons. The molecule has 2 unspecified atom stereocenters. The van der Waals surface area contributed by atoms with Crippen LogP contribution in [0.3, 0.4) is 0 Å². The van der Waals surface area contributed by atoms with E-state index in [1.54, 1.807) is 12.4 Å². The van der Waals surface area contributed by atoms with Gasteiger partial charge in [-0.1, -0.05) is 32.0 Å². The summed E-state index contributed by atoms with van der Waals surface area (Å²) in [6, 6.07) is 0. The van der Waals surface area contributed by atoms with Gasteiger partial charge in [-0.15, -0.1) is 0 Å². The molecule has 0 spiro atoms. The SMILES string of the molecule is CCC1CCCC(Oc2cnc(C(N)=S)cn2)C1. The summed E-state index contributed by atoms with van der Waals surface area (Å²) >= 11 is 4.83. The van der Waals surface area contributed by atoms with Crippen molar-refractivity contribution >= 4 is 17.2 Å². The summed E-state index contributed by atoms with van der Waals surface area (Å²) in [5.74, 6) is 1.35. The van der Waals surface area contributed by atoms with Gasteiger partial charge in [0.15, 0.2) is 0 Å². The molecule has 0 radical (unpaired) electrons. The van der Waals surface area contributed by atoms with Crippen LogP contribution in [0.5, 0.6) is 5.88 Å². The molecule has 1 heterocycles. The van der Waals surface area contributed by atoms with Gasteiger partial charge < -0.3 is 10.5 Å². The number of thiocarbonyl (C=S) groups is 1. The fraction of sp³-hybridized carbons (Fsp3) is 0.615. The lowest BCUT2D eigenvalue weighted by molar-refractivity contribution is 0.116. The highest BCUT2D eigenvalue weighted by atomic mass is 32.1. The Kier molecular flexibility index (Phi) is 4.47. The van der Waals surface area contributed by atoms with Crippen LogP contribution in [-0.4, -0.2) is 21.1 Å². The van der Waals surface area contributed by atoms with Crippen molar-refractivity contribution in [3.8, 4) is 5.88 Å². The molecule has 5 heteroatoms. The van der Waals surface area contributed by atoms with E-state index in [1.165, 1.54) is 19.3 Å². The average molecular weight is 265 g/mol. The van der Waals surface area contributed by atoms with Crippen LogP contribution >= 0.6 is 12.2 Å². The molecule has 2 atom stereocenters. The smallest absolute Gasteiger partial charge is 0.232 e. The highest BCUT2D eigenvalue weighted by Crippen LogP contribution is 2.28. The molecule has 0 bridgehead atoms. The van der Waals surface area contributed by atoms with Gasteiger partial charge in [-0.3, -0.25) is 0 Å². The van der Waals surface area contributed by atoms with E-state index >= 15 is 0 Å². The summed E-state index contributed by atoms with van der Waals surface area (Å²) in [4.78, 5) is 8.58. The summed E-state index contributed by atoms with van der Waals surface area (Å²) < 4.78 is 5.86. The number of nitrogens with two attached hydrogens (primary N) is 1. The van der Waals surface area contributed by atoms with E-state index in [0.717, 1.165) is 18.8 Å². The van der Waals surface area contributed by atoms with Crippen molar-refractivity contribution in [2.75, 3.05) is 0 Å². The molecule has 4 nitrogen and oxygen atoms in total. The summed E-state index contributed by atoms with van der Waals surface area (Å²) in [7, 11) is 0. The highest BCUT2D eigenvalue weighted by molar-refractivity contribution is 7.80.